The number of nitrogens with one attached hydrogen (secondary N) is 1. The van der Waals surface area contributed by atoms with Crippen molar-refractivity contribution in [1.82, 2.24) is 5.32 Å². The van der Waals surface area contributed by atoms with Gasteiger partial charge in [0, 0.05) is 31.4 Å². The number of ether oxygens (including phenoxy) is 3. The van der Waals surface area contributed by atoms with Crippen molar-refractivity contribution in [3.8, 4) is 11.5 Å². The third-order valence-corrected chi connectivity index (χ3v) is 4.40. The van der Waals surface area contributed by atoms with E-state index in [-0.39, 0.29) is 12.5 Å². The second kappa shape index (κ2) is 11.6. The highest BCUT2D eigenvalue weighted by Gasteiger charge is 2.12. The molecular weight excluding hydrogens is 372 g/mol. The van der Waals surface area contributed by atoms with Crippen molar-refractivity contribution in [3.05, 3.63) is 54.1 Å². The summed E-state index contributed by atoms with van der Waals surface area (Å²) >= 11 is 0. The number of carbonyl (C=O) groups is 2. The molecule has 1 N–H and O–H groups in total. The third-order valence-electron chi connectivity index (χ3n) is 4.40. The minimum atomic E-state index is -0.494. The van der Waals surface area contributed by atoms with Gasteiger partial charge in [0.2, 0.25) is 0 Å². The first-order valence-corrected chi connectivity index (χ1v) is 9.47. The van der Waals surface area contributed by atoms with Crippen molar-refractivity contribution in [3.63, 3.8) is 0 Å². The zero-order chi connectivity index (χ0) is 21.1. The number of para-hydroxylation sites is 1. The number of amides is 1. The Bertz CT molecular complexity index is 795. The lowest BCUT2D eigenvalue weighted by molar-refractivity contribution is -0.142. The van der Waals surface area contributed by atoms with Gasteiger partial charge in [-0.05, 0) is 43.2 Å². The molecule has 0 aliphatic carbocycles. The summed E-state index contributed by atoms with van der Waals surface area (Å²) in [6.45, 7) is 1.28. The normalized spacial score (nSPS) is 10.2. The Hall–Kier alpha value is -3.22. The van der Waals surface area contributed by atoms with Crippen LogP contribution in [0.3, 0.4) is 0 Å². The van der Waals surface area contributed by atoms with E-state index < -0.39 is 5.97 Å². The van der Waals surface area contributed by atoms with Crippen LogP contribution < -0.4 is 19.7 Å². The van der Waals surface area contributed by atoms with E-state index in [2.05, 4.69) is 34.1 Å². The number of benzene rings is 2. The van der Waals surface area contributed by atoms with E-state index >= 15 is 0 Å². The topological polar surface area (TPSA) is 77.1 Å². The zero-order valence-electron chi connectivity index (χ0n) is 17.1. The lowest BCUT2D eigenvalue weighted by Crippen LogP contribution is -2.26. The molecule has 2 rings (SSSR count). The van der Waals surface area contributed by atoms with Crippen molar-refractivity contribution in [1.29, 1.82) is 0 Å². The molecule has 7 nitrogen and oxygen atoms in total. The monoisotopic (exact) mass is 400 g/mol. The molecule has 0 bridgehead atoms. The molecule has 0 saturated carbocycles. The number of rotatable bonds is 11. The maximum atomic E-state index is 12.4. The fourth-order valence-electron chi connectivity index (χ4n) is 2.71. The first-order chi connectivity index (χ1) is 14.0. The van der Waals surface area contributed by atoms with Gasteiger partial charge in [0.25, 0.3) is 5.91 Å². The smallest absolute Gasteiger partial charge is 0.343 e. The number of nitrogens with zero attached hydrogens (tertiary/aromatic N) is 1. The maximum absolute atomic E-state index is 12.4. The summed E-state index contributed by atoms with van der Waals surface area (Å²) in [4.78, 5) is 25.8. The maximum Gasteiger partial charge on any atom is 0.343 e. The fourth-order valence-corrected chi connectivity index (χ4v) is 2.71. The molecule has 0 radical (unpaired) electrons. The molecule has 29 heavy (non-hydrogen) atoms. The third kappa shape index (κ3) is 7.03. The summed E-state index contributed by atoms with van der Waals surface area (Å²) in [5.74, 6) is 0.0791. The van der Waals surface area contributed by atoms with Crippen molar-refractivity contribution >= 4 is 17.6 Å². The van der Waals surface area contributed by atoms with E-state index in [4.69, 9.17) is 9.47 Å². The van der Waals surface area contributed by atoms with Crippen LogP contribution in [0.5, 0.6) is 11.5 Å². The van der Waals surface area contributed by atoms with Gasteiger partial charge < -0.3 is 24.4 Å². The Morgan fingerprint density at radius 3 is 2.45 bits per heavy atom. The van der Waals surface area contributed by atoms with Crippen molar-refractivity contribution in [2.45, 2.75) is 12.8 Å². The van der Waals surface area contributed by atoms with Crippen LogP contribution in [0.2, 0.25) is 0 Å². The molecule has 0 atom stereocenters. The number of esters is 1. The van der Waals surface area contributed by atoms with Crippen LogP contribution in [0.4, 0.5) is 5.69 Å². The minimum Gasteiger partial charge on any atom is -0.493 e. The SMILES string of the molecule is COC(=O)COc1ccc(C(=O)NCCCCN(C)c2ccccc2)cc1OC. The highest BCUT2D eigenvalue weighted by Crippen LogP contribution is 2.28. The predicted molar refractivity (Wildman–Crippen MR) is 112 cm³/mol. The Morgan fingerprint density at radius 2 is 1.76 bits per heavy atom. The standard InChI is InChI=1S/C22H28N2O5/c1-24(18-9-5-4-6-10-18)14-8-7-13-23-22(26)17-11-12-19(20(15-17)27-2)29-16-21(25)28-3/h4-6,9-12,15H,7-8,13-14,16H2,1-3H3,(H,23,26). The van der Waals surface area contributed by atoms with Crippen LogP contribution in [-0.4, -0.2) is 52.8 Å². The number of hydrogen-bond donors (Lipinski definition) is 1. The van der Waals surface area contributed by atoms with Crippen molar-refractivity contribution in [2.24, 2.45) is 0 Å². The van der Waals surface area contributed by atoms with Crippen LogP contribution in [0.15, 0.2) is 48.5 Å². The number of methoxy groups -OCH3 is 2. The summed E-state index contributed by atoms with van der Waals surface area (Å²) in [7, 11) is 4.82. The number of hydrogen-bond acceptors (Lipinski definition) is 6. The quantitative estimate of drug-likeness (QED) is 0.462. The highest BCUT2D eigenvalue weighted by atomic mass is 16.6. The average Bonchev–Trinajstić information content (AvgIpc) is 2.77. The molecule has 0 spiro atoms. The molecule has 0 saturated heterocycles. The van der Waals surface area contributed by atoms with Gasteiger partial charge >= 0.3 is 5.97 Å². The second-order valence-corrected chi connectivity index (χ2v) is 6.45. The summed E-state index contributed by atoms with van der Waals surface area (Å²) in [6.07, 6.45) is 1.84. The van der Waals surface area contributed by atoms with Crippen LogP contribution >= 0.6 is 0 Å². The second-order valence-electron chi connectivity index (χ2n) is 6.45. The van der Waals surface area contributed by atoms with Crippen LogP contribution in [-0.2, 0) is 9.53 Å². The van der Waals surface area contributed by atoms with Crippen molar-refractivity contribution in [2.75, 3.05) is 45.9 Å². The Morgan fingerprint density at radius 1 is 1.00 bits per heavy atom. The van der Waals surface area contributed by atoms with Crippen LogP contribution in [0.1, 0.15) is 23.2 Å². The van der Waals surface area contributed by atoms with Crippen LogP contribution in [0, 0.1) is 0 Å². The van der Waals surface area contributed by atoms with Gasteiger partial charge in [-0.15, -0.1) is 0 Å². The number of anilines is 1. The molecule has 1 amide bonds. The molecule has 0 aliphatic rings. The lowest BCUT2D eigenvalue weighted by atomic mass is 10.2. The minimum absolute atomic E-state index is 0.181. The van der Waals surface area contributed by atoms with E-state index in [9.17, 15) is 9.59 Å². The van der Waals surface area contributed by atoms with E-state index in [1.54, 1.807) is 18.2 Å². The average molecular weight is 400 g/mol. The first-order valence-electron chi connectivity index (χ1n) is 9.47. The van der Waals surface area contributed by atoms with Gasteiger partial charge in [-0.1, -0.05) is 18.2 Å². The molecule has 0 fully saturated rings. The van der Waals surface area contributed by atoms with Gasteiger partial charge in [-0.2, -0.15) is 0 Å². The summed E-state index contributed by atoms with van der Waals surface area (Å²) in [6, 6.07) is 15.0. The van der Waals surface area contributed by atoms with Gasteiger partial charge in [0.15, 0.2) is 18.1 Å². The van der Waals surface area contributed by atoms with E-state index in [0.29, 0.717) is 23.6 Å². The Balaban J connectivity index is 1.77. The van der Waals surface area contributed by atoms with E-state index in [1.807, 2.05) is 18.2 Å². The fraction of sp³-hybridized carbons (Fsp3) is 0.364. The molecule has 0 unspecified atom stereocenters. The predicted octanol–water partition coefficient (Wildman–Crippen LogP) is 2.89. The molecule has 2 aromatic rings. The van der Waals surface area contributed by atoms with Gasteiger partial charge in [0.05, 0.1) is 14.2 Å². The van der Waals surface area contributed by atoms with Gasteiger partial charge in [0.1, 0.15) is 0 Å². The van der Waals surface area contributed by atoms with Crippen LogP contribution in [0.25, 0.3) is 0 Å². The molecule has 2 aromatic carbocycles. The van der Waals surface area contributed by atoms with E-state index in [1.165, 1.54) is 19.9 Å². The van der Waals surface area contributed by atoms with E-state index in [0.717, 1.165) is 19.4 Å². The summed E-state index contributed by atoms with van der Waals surface area (Å²) in [5, 5.41) is 2.91. The molecular formula is C22H28N2O5. The lowest BCUT2D eigenvalue weighted by Gasteiger charge is -2.19. The van der Waals surface area contributed by atoms with Gasteiger partial charge in [-0.25, -0.2) is 4.79 Å². The molecule has 156 valence electrons. The number of unbranched alkanes of at least 4 members (excludes halogenated alkanes) is 1. The summed E-state index contributed by atoms with van der Waals surface area (Å²) < 4.78 is 15.1. The zero-order valence-corrected chi connectivity index (χ0v) is 17.1. The molecule has 0 heterocycles. The largest absolute Gasteiger partial charge is 0.493 e. The Labute approximate surface area is 171 Å². The van der Waals surface area contributed by atoms with Crippen molar-refractivity contribution < 1.29 is 23.8 Å². The van der Waals surface area contributed by atoms with Gasteiger partial charge in [-0.3, -0.25) is 4.79 Å². The first kappa shape index (κ1) is 22.1. The Kier molecular flexibility index (Phi) is 8.82. The molecule has 7 heteroatoms. The molecule has 0 aromatic heterocycles. The molecule has 0 aliphatic heterocycles. The number of carbonyl (C=O) groups excluding carboxylic acids is 2. The highest BCUT2D eigenvalue weighted by molar-refractivity contribution is 5.94. The summed E-state index contributed by atoms with van der Waals surface area (Å²) in [5.41, 5.74) is 1.65.